The van der Waals surface area contributed by atoms with Crippen molar-refractivity contribution in [1.82, 2.24) is 15.3 Å². The van der Waals surface area contributed by atoms with E-state index in [1.165, 1.54) is 23.5 Å². The average molecular weight is 418 g/mol. The van der Waals surface area contributed by atoms with Crippen LogP contribution in [0.1, 0.15) is 15.2 Å². The number of amides is 1. The van der Waals surface area contributed by atoms with Crippen molar-refractivity contribution in [3.8, 4) is 10.6 Å². The van der Waals surface area contributed by atoms with E-state index in [9.17, 15) is 9.18 Å². The molecule has 5 nitrogen and oxygen atoms in total. The van der Waals surface area contributed by atoms with Gasteiger partial charge in [-0.05, 0) is 54.4 Å². The quantitative estimate of drug-likeness (QED) is 0.440. The minimum absolute atomic E-state index is 0.134. The fraction of sp³-hybridized carbons (Fsp3) is 0.0870. The summed E-state index contributed by atoms with van der Waals surface area (Å²) in [6.07, 6.45) is 2.33. The molecule has 4 rings (SSSR count). The van der Waals surface area contributed by atoms with Crippen molar-refractivity contribution in [1.29, 1.82) is 0 Å². The van der Waals surface area contributed by atoms with E-state index in [2.05, 4.69) is 20.6 Å². The van der Waals surface area contributed by atoms with Gasteiger partial charge in [-0.25, -0.2) is 14.4 Å². The Morgan fingerprint density at radius 3 is 2.57 bits per heavy atom. The molecule has 150 valence electrons. The van der Waals surface area contributed by atoms with Crippen LogP contribution in [0.15, 0.2) is 79.0 Å². The molecule has 0 atom stereocenters. The molecule has 2 aromatic heterocycles. The van der Waals surface area contributed by atoms with Gasteiger partial charge in [0.15, 0.2) is 0 Å². The number of anilines is 2. The number of thiophene rings is 1. The highest BCUT2D eigenvalue weighted by atomic mass is 32.1. The minimum Gasteiger partial charge on any atom is -0.351 e. The third-order valence-corrected chi connectivity index (χ3v) is 5.49. The topological polar surface area (TPSA) is 66.9 Å². The number of nitrogens with one attached hydrogen (secondary N) is 2. The molecule has 4 aromatic rings. The van der Waals surface area contributed by atoms with E-state index in [4.69, 9.17) is 0 Å². The standard InChI is InChI=1S/C23H19FN4OS/c24-17-8-6-16(7-9-17)12-14-25-22(29)21-11-10-20(30-21)19-13-15-26-23(28-19)27-18-4-2-1-3-5-18/h1-11,13,15H,12,14H2,(H,25,29)(H,26,27,28). The number of aromatic nitrogens is 2. The van der Waals surface area contributed by atoms with E-state index in [-0.39, 0.29) is 11.7 Å². The molecule has 0 bridgehead atoms. The molecule has 0 saturated carbocycles. The highest BCUT2D eigenvalue weighted by molar-refractivity contribution is 7.17. The summed E-state index contributed by atoms with van der Waals surface area (Å²) in [5.74, 6) is 0.100. The van der Waals surface area contributed by atoms with Crippen LogP contribution in [0.4, 0.5) is 16.0 Å². The maximum absolute atomic E-state index is 13.0. The van der Waals surface area contributed by atoms with Gasteiger partial charge in [0.1, 0.15) is 5.82 Å². The lowest BCUT2D eigenvalue weighted by atomic mass is 10.1. The molecule has 2 heterocycles. The first-order valence-corrected chi connectivity index (χ1v) is 10.3. The van der Waals surface area contributed by atoms with Crippen molar-refractivity contribution in [2.45, 2.75) is 6.42 Å². The summed E-state index contributed by atoms with van der Waals surface area (Å²) in [4.78, 5) is 22.7. The van der Waals surface area contributed by atoms with Crippen LogP contribution < -0.4 is 10.6 Å². The number of carbonyl (C=O) groups excluding carboxylic acids is 1. The Labute approximate surface area is 177 Å². The Morgan fingerprint density at radius 1 is 0.967 bits per heavy atom. The fourth-order valence-corrected chi connectivity index (χ4v) is 3.76. The van der Waals surface area contributed by atoms with Gasteiger partial charge in [-0.15, -0.1) is 11.3 Å². The molecule has 2 aromatic carbocycles. The van der Waals surface area contributed by atoms with Gasteiger partial charge in [0.2, 0.25) is 5.95 Å². The second kappa shape index (κ2) is 9.28. The third-order valence-electron chi connectivity index (χ3n) is 4.38. The number of hydrogen-bond acceptors (Lipinski definition) is 5. The van der Waals surface area contributed by atoms with Gasteiger partial charge < -0.3 is 10.6 Å². The molecular weight excluding hydrogens is 399 g/mol. The van der Waals surface area contributed by atoms with Gasteiger partial charge in [-0.3, -0.25) is 4.79 Å². The lowest BCUT2D eigenvalue weighted by Gasteiger charge is -2.05. The zero-order chi connectivity index (χ0) is 20.8. The van der Waals surface area contributed by atoms with Gasteiger partial charge in [-0.1, -0.05) is 30.3 Å². The normalized spacial score (nSPS) is 10.6. The Morgan fingerprint density at radius 2 is 1.77 bits per heavy atom. The van der Waals surface area contributed by atoms with Crippen molar-refractivity contribution in [2.24, 2.45) is 0 Å². The Balaban J connectivity index is 1.38. The number of halogens is 1. The van der Waals surface area contributed by atoms with Gasteiger partial charge >= 0.3 is 0 Å². The van der Waals surface area contributed by atoms with E-state index in [1.807, 2.05) is 42.5 Å². The highest BCUT2D eigenvalue weighted by Gasteiger charge is 2.11. The highest BCUT2D eigenvalue weighted by Crippen LogP contribution is 2.27. The van der Waals surface area contributed by atoms with E-state index >= 15 is 0 Å². The van der Waals surface area contributed by atoms with E-state index in [1.54, 1.807) is 24.4 Å². The molecule has 2 N–H and O–H groups in total. The van der Waals surface area contributed by atoms with Crippen LogP contribution in [-0.2, 0) is 6.42 Å². The lowest BCUT2D eigenvalue weighted by Crippen LogP contribution is -2.24. The number of rotatable bonds is 7. The van der Waals surface area contributed by atoms with Crippen molar-refractivity contribution in [3.05, 3.63) is 95.3 Å². The molecule has 0 unspecified atom stereocenters. The molecule has 1 amide bonds. The maximum Gasteiger partial charge on any atom is 0.261 e. The Bertz CT molecular complexity index is 1130. The number of carbonyl (C=O) groups is 1. The van der Waals surface area contributed by atoms with Crippen LogP contribution in [0.3, 0.4) is 0 Å². The Kier molecular flexibility index (Phi) is 6.10. The lowest BCUT2D eigenvalue weighted by molar-refractivity contribution is 0.0958. The number of para-hydroxylation sites is 1. The van der Waals surface area contributed by atoms with Crippen LogP contribution in [0.25, 0.3) is 10.6 Å². The predicted molar refractivity (Wildman–Crippen MR) is 118 cm³/mol. The van der Waals surface area contributed by atoms with E-state index in [0.717, 1.165) is 21.8 Å². The predicted octanol–water partition coefficient (Wildman–Crippen LogP) is 5.06. The first kappa shape index (κ1) is 19.7. The van der Waals surface area contributed by atoms with Crippen LogP contribution >= 0.6 is 11.3 Å². The Hall–Kier alpha value is -3.58. The zero-order valence-electron chi connectivity index (χ0n) is 16.0. The molecule has 0 aliphatic heterocycles. The largest absolute Gasteiger partial charge is 0.351 e. The molecular formula is C23H19FN4OS. The fourth-order valence-electron chi connectivity index (χ4n) is 2.86. The average Bonchev–Trinajstić information content (AvgIpc) is 3.27. The molecule has 0 aliphatic rings. The molecule has 0 radical (unpaired) electrons. The van der Waals surface area contributed by atoms with E-state index in [0.29, 0.717) is 23.8 Å². The van der Waals surface area contributed by atoms with Gasteiger partial charge in [0, 0.05) is 18.4 Å². The third kappa shape index (κ3) is 5.07. The van der Waals surface area contributed by atoms with Gasteiger partial charge in [-0.2, -0.15) is 0 Å². The minimum atomic E-state index is -0.263. The molecule has 7 heteroatoms. The van der Waals surface area contributed by atoms with Crippen LogP contribution in [0.2, 0.25) is 0 Å². The SMILES string of the molecule is O=C(NCCc1ccc(F)cc1)c1ccc(-c2ccnc(Nc3ccccc3)n2)s1. The van der Waals surface area contributed by atoms with Crippen LogP contribution in [0.5, 0.6) is 0 Å². The summed E-state index contributed by atoms with van der Waals surface area (Å²) < 4.78 is 13.0. The second-order valence-corrected chi connectivity index (χ2v) is 7.64. The number of nitrogens with zero attached hydrogens (tertiary/aromatic N) is 2. The van der Waals surface area contributed by atoms with Crippen LogP contribution in [-0.4, -0.2) is 22.4 Å². The second-order valence-electron chi connectivity index (χ2n) is 6.55. The van der Waals surface area contributed by atoms with Gasteiger partial charge in [0.25, 0.3) is 5.91 Å². The van der Waals surface area contributed by atoms with Crippen molar-refractivity contribution in [2.75, 3.05) is 11.9 Å². The number of benzene rings is 2. The summed E-state index contributed by atoms with van der Waals surface area (Å²) >= 11 is 1.38. The van der Waals surface area contributed by atoms with Crippen LogP contribution in [0, 0.1) is 5.82 Å². The molecule has 0 saturated heterocycles. The van der Waals surface area contributed by atoms with Crippen molar-refractivity contribution in [3.63, 3.8) is 0 Å². The summed E-state index contributed by atoms with van der Waals surface area (Å²) in [7, 11) is 0. The monoisotopic (exact) mass is 418 g/mol. The first-order chi connectivity index (χ1) is 14.7. The molecule has 0 aliphatic carbocycles. The summed E-state index contributed by atoms with van der Waals surface area (Å²) in [6.45, 7) is 0.482. The first-order valence-electron chi connectivity index (χ1n) is 9.45. The van der Waals surface area contributed by atoms with Crippen molar-refractivity contribution < 1.29 is 9.18 Å². The summed E-state index contributed by atoms with van der Waals surface area (Å²) in [5.41, 5.74) is 2.63. The zero-order valence-corrected chi connectivity index (χ0v) is 16.8. The summed E-state index contributed by atoms with van der Waals surface area (Å²) in [5, 5.41) is 6.07. The van der Waals surface area contributed by atoms with E-state index < -0.39 is 0 Å². The summed E-state index contributed by atoms with van der Waals surface area (Å²) in [6, 6.07) is 21.5. The maximum atomic E-state index is 13.0. The molecule has 0 fully saturated rings. The van der Waals surface area contributed by atoms with Gasteiger partial charge in [0.05, 0.1) is 15.4 Å². The molecule has 0 spiro atoms. The molecule has 30 heavy (non-hydrogen) atoms. The van der Waals surface area contributed by atoms with Crippen molar-refractivity contribution >= 4 is 28.9 Å². The smallest absolute Gasteiger partial charge is 0.261 e. The number of hydrogen-bond donors (Lipinski definition) is 2.